The Hall–Kier alpha value is -1.09. The summed E-state index contributed by atoms with van der Waals surface area (Å²) in [5.41, 5.74) is 0.0465. The van der Waals surface area contributed by atoms with E-state index >= 15 is 0 Å². The van der Waals surface area contributed by atoms with Crippen LogP contribution < -0.4 is 5.32 Å². The van der Waals surface area contributed by atoms with Crippen molar-refractivity contribution in [1.29, 1.82) is 0 Å². The summed E-state index contributed by atoms with van der Waals surface area (Å²) in [6.07, 6.45) is 2.18. The molecule has 2 rings (SSSR count). The standard InChI is InChI=1S/C10H9ClFNO/c11-7-1-2-8(9(12)5-7)10(3-4-10)13-6-14/h1-2,5-6H,3-4H2,(H,13,14). The van der Waals surface area contributed by atoms with E-state index in [1.165, 1.54) is 6.07 Å². The van der Waals surface area contributed by atoms with Crippen LogP contribution in [0.4, 0.5) is 4.39 Å². The molecule has 74 valence electrons. The lowest BCUT2D eigenvalue weighted by molar-refractivity contribution is -0.110. The van der Waals surface area contributed by atoms with E-state index in [1.54, 1.807) is 12.1 Å². The number of benzene rings is 1. The summed E-state index contributed by atoms with van der Waals surface area (Å²) < 4.78 is 13.5. The van der Waals surface area contributed by atoms with Crippen LogP contribution in [0.3, 0.4) is 0 Å². The van der Waals surface area contributed by atoms with E-state index in [1.807, 2.05) is 0 Å². The molecule has 0 spiro atoms. The van der Waals surface area contributed by atoms with Crippen molar-refractivity contribution >= 4 is 18.0 Å². The molecule has 4 heteroatoms. The Morgan fingerprint density at radius 3 is 2.71 bits per heavy atom. The van der Waals surface area contributed by atoms with E-state index in [2.05, 4.69) is 5.32 Å². The number of hydrogen-bond donors (Lipinski definition) is 1. The van der Waals surface area contributed by atoms with Crippen LogP contribution in [0, 0.1) is 5.82 Å². The van der Waals surface area contributed by atoms with Crippen LogP contribution in [-0.2, 0) is 10.3 Å². The molecule has 1 N–H and O–H groups in total. The summed E-state index contributed by atoms with van der Waals surface area (Å²) in [6, 6.07) is 4.52. The summed E-state index contributed by atoms with van der Waals surface area (Å²) in [7, 11) is 0. The smallest absolute Gasteiger partial charge is 0.207 e. The first kappa shape index (κ1) is 9.46. The summed E-state index contributed by atoms with van der Waals surface area (Å²) >= 11 is 5.63. The Morgan fingerprint density at radius 1 is 1.50 bits per heavy atom. The molecule has 0 aromatic heterocycles. The molecule has 0 heterocycles. The van der Waals surface area contributed by atoms with Crippen LogP contribution in [-0.4, -0.2) is 6.41 Å². The largest absolute Gasteiger partial charge is 0.349 e. The van der Waals surface area contributed by atoms with Gasteiger partial charge in [0.05, 0.1) is 5.54 Å². The highest BCUT2D eigenvalue weighted by Gasteiger charge is 2.45. The van der Waals surface area contributed by atoms with Crippen LogP contribution in [0.1, 0.15) is 18.4 Å². The van der Waals surface area contributed by atoms with Crippen LogP contribution in [0.5, 0.6) is 0 Å². The molecule has 1 fully saturated rings. The second-order valence-corrected chi connectivity index (χ2v) is 3.90. The summed E-state index contributed by atoms with van der Waals surface area (Å²) in [6.45, 7) is 0. The maximum atomic E-state index is 13.5. The van der Waals surface area contributed by atoms with Gasteiger partial charge < -0.3 is 5.32 Å². The first-order valence-electron chi connectivity index (χ1n) is 4.35. The third-order valence-electron chi connectivity index (χ3n) is 2.53. The zero-order valence-corrected chi connectivity index (χ0v) is 8.14. The predicted molar refractivity (Wildman–Crippen MR) is 51.5 cm³/mol. The lowest BCUT2D eigenvalue weighted by atomic mass is 10.0. The van der Waals surface area contributed by atoms with Gasteiger partial charge in [-0.25, -0.2) is 4.39 Å². The maximum Gasteiger partial charge on any atom is 0.207 e. The molecule has 0 aliphatic heterocycles. The zero-order valence-electron chi connectivity index (χ0n) is 7.39. The molecule has 2 nitrogen and oxygen atoms in total. The number of hydrogen-bond acceptors (Lipinski definition) is 1. The van der Waals surface area contributed by atoms with E-state index < -0.39 is 5.54 Å². The number of amides is 1. The van der Waals surface area contributed by atoms with Crippen molar-refractivity contribution in [3.8, 4) is 0 Å². The third-order valence-corrected chi connectivity index (χ3v) is 2.77. The molecule has 0 radical (unpaired) electrons. The summed E-state index contributed by atoms with van der Waals surface area (Å²) in [5.74, 6) is -0.357. The van der Waals surface area contributed by atoms with Gasteiger partial charge in [-0.2, -0.15) is 0 Å². The monoisotopic (exact) mass is 213 g/mol. The van der Waals surface area contributed by atoms with E-state index in [4.69, 9.17) is 11.6 Å². The number of carbonyl (C=O) groups excluding carboxylic acids is 1. The van der Waals surface area contributed by atoms with E-state index in [0.29, 0.717) is 17.0 Å². The van der Waals surface area contributed by atoms with Gasteiger partial charge in [0.15, 0.2) is 0 Å². The molecule has 0 saturated heterocycles. The van der Waals surface area contributed by atoms with Gasteiger partial charge in [-0.15, -0.1) is 0 Å². The Morgan fingerprint density at radius 2 is 2.21 bits per heavy atom. The first-order chi connectivity index (χ1) is 6.68. The van der Waals surface area contributed by atoms with Crippen LogP contribution in [0.15, 0.2) is 18.2 Å². The van der Waals surface area contributed by atoms with Gasteiger partial charge in [0, 0.05) is 10.6 Å². The second kappa shape index (κ2) is 3.24. The minimum Gasteiger partial charge on any atom is -0.349 e. The summed E-state index contributed by atoms with van der Waals surface area (Å²) in [4.78, 5) is 10.4. The Bertz CT molecular complexity index is 376. The fourth-order valence-electron chi connectivity index (χ4n) is 1.61. The van der Waals surface area contributed by atoms with Gasteiger partial charge in [-0.05, 0) is 25.0 Å². The molecular formula is C10H9ClFNO. The van der Waals surface area contributed by atoms with Crippen LogP contribution in [0.25, 0.3) is 0 Å². The average Bonchev–Trinajstić information content (AvgIpc) is 2.86. The van der Waals surface area contributed by atoms with Gasteiger partial charge in [-0.3, -0.25) is 4.79 Å². The van der Waals surface area contributed by atoms with Crippen molar-refractivity contribution in [3.63, 3.8) is 0 Å². The molecule has 14 heavy (non-hydrogen) atoms. The highest BCUT2D eigenvalue weighted by atomic mass is 35.5. The van der Waals surface area contributed by atoms with Crippen molar-refractivity contribution in [2.75, 3.05) is 0 Å². The quantitative estimate of drug-likeness (QED) is 0.767. The van der Waals surface area contributed by atoms with Gasteiger partial charge >= 0.3 is 0 Å². The molecule has 0 unspecified atom stereocenters. The minimum atomic E-state index is -0.476. The molecular weight excluding hydrogens is 205 g/mol. The maximum absolute atomic E-state index is 13.5. The topological polar surface area (TPSA) is 29.1 Å². The Kier molecular flexibility index (Phi) is 2.19. The van der Waals surface area contributed by atoms with E-state index in [-0.39, 0.29) is 5.82 Å². The molecule has 0 bridgehead atoms. The zero-order chi connectivity index (χ0) is 10.2. The van der Waals surface area contributed by atoms with Crippen molar-refractivity contribution in [1.82, 2.24) is 5.32 Å². The van der Waals surface area contributed by atoms with Crippen LogP contribution in [0.2, 0.25) is 5.02 Å². The molecule has 1 aliphatic carbocycles. The van der Waals surface area contributed by atoms with Gasteiger partial charge in [-0.1, -0.05) is 17.7 Å². The Labute approximate surface area is 86.1 Å². The molecule has 0 atom stereocenters. The Balaban J connectivity index is 2.36. The second-order valence-electron chi connectivity index (χ2n) is 3.47. The predicted octanol–water partition coefficient (Wildman–Crippen LogP) is 2.21. The number of rotatable bonds is 3. The molecule has 1 aromatic rings. The van der Waals surface area contributed by atoms with Crippen molar-refractivity contribution in [3.05, 3.63) is 34.6 Å². The number of carbonyl (C=O) groups is 1. The lowest BCUT2D eigenvalue weighted by Crippen LogP contribution is -2.28. The van der Waals surface area contributed by atoms with Gasteiger partial charge in [0.1, 0.15) is 5.82 Å². The molecule has 1 amide bonds. The van der Waals surface area contributed by atoms with Gasteiger partial charge in [0.2, 0.25) is 6.41 Å². The minimum absolute atomic E-state index is 0.357. The lowest BCUT2D eigenvalue weighted by Gasteiger charge is -2.15. The van der Waals surface area contributed by atoms with E-state index in [9.17, 15) is 9.18 Å². The fourth-order valence-corrected chi connectivity index (χ4v) is 1.77. The SMILES string of the molecule is O=CNC1(c2ccc(Cl)cc2F)CC1. The molecule has 1 aromatic carbocycles. The van der Waals surface area contributed by atoms with Crippen molar-refractivity contribution in [2.45, 2.75) is 18.4 Å². The van der Waals surface area contributed by atoms with E-state index in [0.717, 1.165) is 12.8 Å². The van der Waals surface area contributed by atoms with Crippen molar-refractivity contribution < 1.29 is 9.18 Å². The number of nitrogens with one attached hydrogen (secondary N) is 1. The average molecular weight is 214 g/mol. The third kappa shape index (κ3) is 1.48. The normalized spacial score (nSPS) is 17.6. The molecule has 1 saturated carbocycles. The van der Waals surface area contributed by atoms with Crippen molar-refractivity contribution in [2.24, 2.45) is 0 Å². The first-order valence-corrected chi connectivity index (χ1v) is 4.73. The fraction of sp³-hybridized carbons (Fsp3) is 0.300. The van der Waals surface area contributed by atoms with Gasteiger partial charge in [0.25, 0.3) is 0 Å². The number of halogens is 2. The summed E-state index contributed by atoms with van der Waals surface area (Å²) in [5, 5.41) is 3.01. The highest BCUT2D eigenvalue weighted by Crippen LogP contribution is 2.46. The molecule has 1 aliphatic rings. The highest BCUT2D eigenvalue weighted by molar-refractivity contribution is 6.30. The van der Waals surface area contributed by atoms with Crippen LogP contribution >= 0.6 is 11.6 Å².